The summed E-state index contributed by atoms with van der Waals surface area (Å²) in [6.07, 6.45) is 7.52. The third-order valence-electron chi connectivity index (χ3n) is 4.27. The zero-order valence-electron chi connectivity index (χ0n) is 12.2. The lowest BCUT2D eigenvalue weighted by Gasteiger charge is -2.38. The van der Waals surface area contributed by atoms with E-state index < -0.39 is 0 Å². The van der Waals surface area contributed by atoms with Gasteiger partial charge >= 0.3 is 0 Å². The van der Waals surface area contributed by atoms with Crippen molar-refractivity contribution in [1.29, 1.82) is 0 Å². The van der Waals surface area contributed by atoms with Gasteiger partial charge in [-0.05, 0) is 42.4 Å². The van der Waals surface area contributed by atoms with Gasteiger partial charge in [-0.3, -0.25) is 0 Å². The van der Waals surface area contributed by atoms with E-state index in [1.807, 2.05) is 6.07 Å². The molecule has 0 aromatic heterocycles. The molecule has 0 spiro atoms. The van der Waals surface area contributed by atoms with Gasteiger partial charge in [-0.25, -0.2) is 4.39 Å². The fourth-order valence-electron chi connectivity index (χ4n) is 3.22. The predicted octanol–water partition coefficient (Wildman–Crippen LogP) is 4.32. The van der Waals surface area contributed by atoms with Crippen LogP contribution in [0.1, 0.15) is 51.5 Å². The molecule has 2 heteroatoms. The number of nitrogens with one attached hydrogen (secondary N) is 1. The van der Waals surface area contributed by atoms with Crippen LogP contribution in [0.3, 0.4) is 0 Å². The van der Waals surface area contributed by atoms with E-state index >= 15 is 0 Å². The van der Waals surface area contributed by atoms with E-state index in [0.717, 1.165) is 18.5 Å². The molecule has 1 nitrogen and oxygen atoms in total. The van der Waals surface area contributed by atoms with Crippen molar-refractivity contribution in [3.05, 3.63) is 35.6 Å². The van der Waals surface area contributed by atoms with Crippen LogP contribution in [0, 0.1) is 11.2 Å². The van der Waals surface area contributed by atoms with Gasteiger partial charge in [0.2, 0.25) is 0 Å². The Morgan fingerprint density at radius 1 is 1.21 bits per heavy atom. The Morgan fingerprint density at radius 3 is 2.58 bits per heavy atom. The molecule has 0 bridgehead atoms. The van der Waals surface area contributed by atoms with Crippen molar-refractivity contribution in [3.8, 4) is 0 Å². The molecule has 19 heavy (non-hydrogen) atoms. The molecule has 1 aliphatic rings. The summed E-state index contributed by atoms with van der Waals surface area (Å²) in [6.45, 7) is 5.44. The molecule has 0 unspecified atom stereocenters. The second-order valence-corrected chi connectivity index (χ2v) is 6.40. The lowest BCUT2D eigenvalue weighted by atomic mass is 9.70. The van der Waals surface area contributed by atoms with Crippen molar-refractivity contribution in [3.63, 3.8) is 0 Å². The quantitative estimate of drug-likeness (QED) is 0.834. The van der Waals surface area contributed by atoms with Crippen molar-refractivity contribution >= 4 is 0 Å². The highest BCUT2D eigenvalue weighted by Crippen LogP contribution is 2.39. The average Bonchev–Trinajstić information content (AvgIpc) is 2.38. The number of hydrogen-bond acceptors (Lipinski definition) is 1. The topological polar surface area (TPSA) is 12.0 Å². The Kier molecular flexibility index (Phi) is 4.98. The van der Waals surface area contributed by atoms with Gasteiger partial charge in [0, 0.05) is 12.6 Å². The van der Waals surface area contributed by atoms with Crippen LogP contribution in [0.25, 0.3) is 0 Å². The molecule has 1 aromatic carbocycles. The smallest absolute Gasteiger partial charge is 0.123 e. The first-order valence-corrected chi connectivity index (χ1v) is 7.58. The second kappa shape index (κ2) is 6.51. The molecular weight excluding hydrogens is 237 g/mol. The minimum Gasteiger partial charge on any atom is -0.314 e. The molecule has 0 amide bonds. The SMILES string of the molecule is CC(C)NCC1(Cc2cccc(F)c2)CCCCC1. The summed E-state index contributed by atoms with van der Waals surface area (Å²) in [4.78, 5) is 0. The number of hydrogen-bond donors (Lipinski definition) is 1. The highest BCUT2D eigenvalue weighted by atomic mass is 19.1. The second-order valence-electron chi connectivity index (χ2n) is 6.40. The van der Waals surface area contributed by atoms with Crippen molar-refractivity contribution < 1.29 is 4.39 Å². The van der Waals surface area contributed by atoms with Gasteiger partial charge in [0.05, 0.1) is 0 Å². The van der Waals surface area contributed by atoms with Gasteiger partial charge in [-0.15, -0.1) is 0 Å². The third-order valence-corrected chi connectivity index (χ3v) is 4.27. The summed E-state index contributed by atoms with van der Waals surface area (Å²) in [5, 5.41) is 3.60. The Morgan fingerprint density at radius 2 is 1.95 bits per heavy atom. The third kappa shape index (κ3) is 4.31. The minimum absolute atomic E-state index is 0.111. The Balaban J connectivity index is 2.08. The minimum atomic E-state index is -0.111. The normalized spacial score (nSPS) is 18.7. The Labute approximate surface area is 116 Å². The van der Waals surface area contributed by atoms with E-state index in [0.29, 0.717) is 11.5 Å². The molecular formula is C17H26FN. The van der Waals surface area contributed by atoms with E-state index in [4.69, 9.17) is 0 Å². The first-order chi connectivity index (χ1) is 9.10. The van der Waals surface area contributed by atoms with E-state index in [2.05, 4.69) is 25.2 Å². The lowest BCUT2D eigenvalue weighted by molar-refractivity contribution is 0.176. The van der Waals surface area contributed by atoms with Gasteiger partial charge in [0.1, 0.15) is 5.82 Å². The van der Waals surface area contributed by atoms with Crippen LogP contribution in [0.4, 0.5) is 4.39 Å². The van der Waals surface area contributed by atoms with Crippen molar-refractivity contribution in [1.82, 2.24) is 5.32 Å². The molecule has 0 radical (unpaired) electrons. The van der Waals surface area contributed by atoms with Crippen LogP contribution in [-0.2, 0) is 6.42 Å². The maximum absolute atomic E-state index is 13.3. The molecule has 0 heterocycles. The van der Waals surface area contributed by atoms with E-state index in [1.165, 1.54) is 38.2 Å². The first-order valence-electron chi connectivity index (χ1n) is 7.58. The number of halogens is 1. The highest BCUT2D eigenvalue weighted by molar-refractivity contribution is 5.18. The number of rotatable bonds is 5. The highest BCUT2D eigenvalue weighted by Gasteiger charge is 2.32. The Bertz CT molecular complexity index is 394. The summed E-state index contributed by atoms with van der Waals surface area (Å²) in [5.41, 5.74) is 1.48. The molecule has 0 atom stereocenters. The zero-order chi connectivity index (χ0) is 13.7. The van der Waals surface area contributed by atoms with Crippen LogP contribution in [0.5, 0.6) is 0 Å². The summed E-state index contributed by atoms with van der Waals surface area (Å²) in [5.74, 6) is -0.111. The molecule has 1 aliphatic carbocycles. The molecule has 1 fully saturated rings. The summed E-state index contributed by atoms with van der Waals surface area (Å²) in [6, 6.07) is 7.65. The fourth-order valence-corrected chi connectivity index (χ4v) is 3.22. The summed E-state index contributed by atoms with van der Waals surface area (Å²) < 4.78 is 13.3. The van der Waals surface area contributed by atoms with Gasteiger partial charge in [0.15, 0.2) is 0 Å². The standard InChI is InChI=1S/C17H26FN/c1-14(2)19-13-17(9-4-3-5-10-17)12-15-7-6-8-16(18)11-15/h6-8,11,14,19H,3-5,9-10,12-13H2,1-2H3. The molecule has 2 rings (SSSR count). The molecule has 1 aromatic rings. The van der Waals surface area contributed by atoms with Crippen molar-refractivity contribution in [2.24, 2.45) is 5.41 Å². The molecule has 0 saturated heterocycles. The zero-order valence-corrected chi connectivity index (χ0v) is 12.2. The summed E-state index contributed by atoms with van der Waals surface area (Å²) >= 11 is 0. The largest absolute Gasteiger partial charge is 0.314 e. The van der Waals surface area contributed by atoms with Crippen molar-refractivity contribution in [2.45, 2.75) is 58.4 Å². The molecule has 0 aliphatic heterocycles. The van der Waals surface area contributed by atoms with Gasteiger partial charge in [-0.2, -0.15) is 0 Å². The molecule has 106 valence electrons. The maximum atomic E-state index is 13.3. The average molecular weight is 263 g/mol. The van der Waals surface area contributed by atoms with Crippen molar-refractivity contribution in [2.75, 3.05) is 6.54 Å². The number of benzene rings is 1. The van der Waals surface area contributed by atoms with E-state index in [1.54, 1.807) is 6.07 Å². The monoisotopic (exact) mass is 263 g/mol. The van der Waals surface area contributed by atoms with Gasteiger partial charge in [0.25, 0.3) is 0 Å². The fraction of sp³-hybridized carbons (Fsp3) is 0.647. The maximum Gasteiger partial charge on any atom is 0.123 e. The predicted molar refractivity (Wildman–Crippen MR) is 78.8 cm³/mol. The van der Waals surface area contributed by atoms with E-state index in [9.17, 15) is 4.39 Å². The molecule has 1 saturated carbocycles. The lowest BCUT2D eigenvalue weighted by Crippen LogP contribution is -2.40. The summed E-state index contributed by atoms with van der Waals surface area (Å²) in [7, 11) is 0. The first kappa shape index (κ1) is 14.5. The van der Waals surface area contributed by atoms with Gasteiger partial charge < -0.3 is 5.32 Å². The van der Waals surface area contributed by atoms with Crippen LogP contribution in [0.2, 0.25) is 0 Å². The molecule has 1 N–H and O–H groups in total. The van der Waals surface area contributed by atoms with E-state index in [-0.39, 0.29) is 5.82 Å². The van der Waals surface area contributed by atoms with Crippen LogP contribution >= 0.6 is 0 Å². The Hall–Kier alpha value is -0.890. The van der Waals surface area contributed by atoms with Crippen LogP contribution < -0.4 is 5.32 Å². The van der Waals surface area contributed by atoms with Crippen LogP contribution in [0.15, 0.2) is 24.3 Å². The van der Waals surface area contributed by atoms with Gasteiger partial charge in [-0.1, -0.05) is 45.2 Å². The van der Waals surface area contributed by atoms with Crippen LogP contribution in [-0.4, -0.2) is 12.6 Å².